The quantitative estimate of drug-likeness (QED) is 0.307. The van der Waals surface area contributed by atoms with Gasteiger partial charge in [0.15, 0.2) is 0 Å². The molecule has 1 aliphatic heterocycles. The van der Waals surface area contributed by atoms with Gasteiger partial charge in [0.1, 0.15) is 18.2 Å². The molecule has 248 valence electrons. The molecular formula is C37H56N4O4. The molecule has 8 heteroatoms. The third-order valence-corrected chi connectivity index (χ3v) is 10.9. The van der Waals surface area contributed by atoms with Crippen LogP contribution in [-0.4, -0.2) is 97.1 Å². The van der Waals surface area contributed by atoms with Gasteiger partial charge in [-0.3, -0.25) is 14.5 Å². The van der Waals surface area contributed by atoms with Gasteiger partial charge in [0, 0.05) is 38.8 Å². The van der Waals surface area contributed by atoms with Crippen LogP contribution in [0.2, 0.25) is 0 Å². The predicted octanol–water partition coefficient (Wildman–Crippen LogP) is 4.36. The first-order chi connectivity index (χ1) is 21.6. The first kappa shape index (κ1) is 34.0. The fourth-order valence-corrected chi connectivity index (χ4v) is 8.03. The molecule has 2 aromatic carbocycles. The molecule has 3 aliphatic carbocycles. The number of nitrogens with one attached hydrogen (secondary N) is 1. The van der Waals surface area contributed by atoms with Gasteiger partial charge in [0.25, 0.3) is 0 Å². The van der Waals surface area contributed by atoms with Crippen LogP contribution in [0.1, 0.15) is 57.2 Å². The minimum absolute atomic E-state index is 0.0627. The summed E-state index contributed by atoms with van der Waals surface area (Å²) in [5.41, 5.74) is 4.01. The second kappa shape index (κ2) is 15.1. The molecule has 6 rings (SSSR count). The van der Waals surface area contributed by atoms with Crippen molar-refractivity contribution in [1.29, 1.82) is 0 Å². The van der Waals surface area contributed by atoms with Gasteiger partial charge in [-0.2, -0.15) is 5.06 Å². The highest BCUT2D eigenvalue weighted by Crippen LogP contribution is 2.61. The number of aliphatic hydroxyl groups excluding tert-OH is 1. The van der Waals surface area contributed by atoms with Crippen LogP contribution < -0.4 is 5.32 Å². The first-order valence-electron chi connectivity index (χ1n) is 17.1. The number of nitrogens with zero attached hydrogens (tertiary/aromatic N) is 3. The lowest BCUT2D eigenvalue weighted by Crippen LogP contribution is -2.62. The lowest BCUT2D eigenvalue weighted by molar-refractivity contribution is -0.183. The Hall–Kier alpha value is -2.33. The molecule has 1 heterocycles. The summed E-state index contributed by atoms with van der Waals surface area (Å²) in [6.07, 6.45) is 2.17. The van der Waals surface area contributed by atoms with Gasteiger partial charge in [-0.15, -0.1) is 0 Å². The standard InChI is InChI=1S/C37H56N4O4/c1-7-44-35-33(25-42)45-41(34(35)36(43)38-32-22-30-21-31(26(32)2)37(30,3)4)24-29-15-11-14-28(20-29)23-40(19-18-39(5)6)17-16-27-12-9-8-10-13-27/h8-15,20,26,30-35,42H,7,16-19,21-25H2,1-6H3,(H,38,43)/t26-,30+,31-,32-,33-,34-,35+/m0/s1. The molecule has 3 saturated carbocycles. The average Bonchev–Trinajstić information content (AvgIpc) is 3.36. The third kappa shape index (κ3) is 7.98. The topological polar surface area (TPSA) is 77.5 Å². The van der Waals surface area contributed by atoms with E-state index in [1.54, 1.807) is 5.06 Å². The Morgan fingerprint density at radius 3 is 2.44 bits per heavy atom. The number of rotatable bonds is 15. The lowest BCUT2D eigenvalue weighted by atomic mass is 9.45. The van der Waals surface area contributed by atoms with Crippen molar-refractivity contribution in [2.75, 3.05) is 46.9 Å². The molecule has 4 fully saturated rings. The second-order valence-electron chi connectivity index (χ2n) is 14.5. The van der Waals surface area contributed by atoms with Crippen molar-refractivity contribution in [3.05, 3.63) is 71.3 Å². The summed E-state index contributed by atoms with van der Waals surface area (Å²) in [5.74, 6) is 1.66. The summed E-state index contributed by atoms with van der Waals surface area (Å²) in [4.78, 5) is 25.0. The minimum atomic E-state index is -0.633. The number of ether oxygens (including phenoxy) is 1. The highest BCUT2D eigenvalue weighted by Gasteiger charge is 2.57. The molecule has 1 saturated heterocycles. The van der Waals surface area contributed by atoms with Gasteiger partial charge in [0.05, 0.1) is 13.2 Å². The Balaban J connectivity index is 1.28. The van der Waals surface area contributed by atoms with E-state index in [4.69, 9.17) is 9.57 Å². The van der Waals surface area contributed by atoms with Crippen molar-refractivity contribution in [2.45, 2.75) is 84.3 Å². The van der Waals surface area contributed by atoms with Crippen LogP contribution in [0.3, 0.4) is 0 Å². The van der Waals surface area contributed by atoms with E-state index < -0.39 is 18.2 Å². The second-order valence-corrected chi connectivity index (χ2v) is 14.5. The summed E-state index contributed by atoms with van der Waals surface area (Å²) < 4.78 is 6.07. The van der Waals surface area contributed by atoms with Gasteiger partial charge in [-0.05, 0) is 80.1 Å². The molecule has 4 aliphatic rings. The number of benzene rings is 2. The van der Waals surface area contributed by atoms with E-state index in [-0.39, 0.29) is 18.6 Å². The van der Waals surface area contributed by atoms with Gasteiger partial charge < -0.3 is 20.1 Å². The average molecular weight is 621 g/mol. The minimum Gasteiger partial charge on any atom is -0.393 e. The van der Waals surface area contributed by atoms with E-state index in [0.717, 1.165) is 44.6 Å². The summed E-state index contributed by atoms with van der Waals surface area (Å²) >= 11 is 0. The summed E-state index contributed by atoms with van der Waals surface area (Å²) in [6, 6.07) is 18.8. The number of likely N-dealkylation sites (N-methyl/N-ethyl adjacent to an activating group) is 1. The van der Waals surface area contributed by atoms with Crippen molar-refractivity contribution in [2.24, 2.45) is 23.2 Å². The van der Waals surface area contributed by atoms with E-state index in [0.29, 0.717) is 36.3 Å². The number of hydrogen-bond donors (Lipinski definition) is 2. The van der Waals surface area contributed by atoms with Crippen LogP contribution in [0, 0.1) is 23.2 Å². The zero-order chi connectivity index (χ0) is 32.1. The third-order valence-electron chi connectivity index (χ3n) is 10.9. The normalized spacial score (nSPS) is 29.2. The lowest BCUT2D eigenvalue weighted by Gasteiger charge is -2.62. The maximum atomic E-state index is 14.0. The number of amides is 1. The fraction of sp³-hybridized carbons (Fsp3) is 0.649. The van der Waals surface area contributed by atoms with Crippen molar-refractivity contribution in [3.8, 4) is 0 Å². The van der Waals surface area contributed by atoms with Crippen LogP contribution in [-0.2, 0) is 33.9 Å². The Morgan fingerprint density at radius 2 is 1.78 bits per heavy atom. The molecule has 0 spiro atoms. The number of carbonyl (C=O) groups excluding carboxylic acids is 1. The molecule has 0 radical (unpaired) electrons. The molecule has 45 heavy (non-hydrogen) atoms. The van der Waals surface area contributed by atoms with Gasteiger partial charge >= 0.3 is 0 Å². The van der Waals surface area contributed by atoms with E-state index in [1.165, 1.54) is 17.5 Å². The van der Waals surface area contributed by atoms with Crippen LogP contribution in [0.15, 0.2) is 54.6 Å². The van der Waals surface area contributed by atoms with Crippen molar-refractivity contribution < 1.29 is 19.5 Å². The smallest absolute Gasteiger partial charge is 0.242 e. The zero-order valence-corrected chi connectivity index (χ0v) is 28.3. The Labute approximate surface area is 271 Å². The maximum absolute atomic E-state index is 14.0. The van der Waals surface area contributed by atoms with Crippen molar-refractivity contribution in [3.63, 3.8) is 0 Å². The number of carbonyl (C=O) groups is 1. The van der Waals surface area contributed by atoms with Crippen LogP contribution >= 0.6 is 0 Å². The van der Waals surface area contributed by atoms with Crippen molar-refractivity contribution >= 4 is 5.91 Å². The monoisotopic (exact) mass is 620 g/mol. The summed E-state index contributed by atoms with van der Waals surface area (Å²) in [5, 5.41) is 15.4. The molecular weight excluding hydrogens is 564 g/mol. The van der Waals surface area contributed by atoms with Crippen molar-refractivity contribution in [1.82, 2.24) is 20.2 Å². The number of hydroxylamine groups is 2. The number of hydrogen-bond acceptors (Lipinski definition) is 7. The van der Waals surface area contributed by atoms with E-state index in [1.807, 2.05) is 6.92 Å². The Kier molecular flexibility index (Phi) is 11.4. The molecule has 0 unspecified atom stereocenters. The molecule has 2 N–H and O–H groups in total. The van der Waals surface area contributed by atoms with Gasteiger partial charge in [-0.1, -0.05) is 75.4 Å². The van der Waals surface area contributed by atoms with Crippen LogP contribution in [0.5, 0.6) is 0 Å². The fourth-order valence-electron chi connectivity index (χ4n) is 8.03. The SMILES string of the molecule is CCO[C@@H]1[C@H](CO)ON(Cc2cccc(CN(CCc3ccccc3)CCN(C)C)c2)[C@@H]1C(=O)N[C@H]1C[C@H]2C[C@@H]([C@@H]1C)C2(C)C. The van der Waals surface area contributed by atoms with E-state index in [9.17, 15) is 9.90 Å². The largest absolute Gasteiger partial charge is 0.393 e. The Morgan fingerprint density at radius 1 is 1.04 bits per heavy atom. The molecule has 2 bridgehead atoms. The molecule has 2 aromatic rings. The highest BCUT2D eigenvalue weighted by molar-refractivity contribution is 5.83. The molecule has 7 atom stereocenters. The molecule has 8 nitrogen and oxygen atoms in total. The molecule has 1 amide bonds. The van der Waals surface area contributed by atoms with Crippen LogP contribution in [0.4, 0.5) is 0 Å². The van der Waals surface area contributed by atoms with Gasteiger partial charge in [-0.25, -0.2) is 0 Å². The number of aliphatic hydroxyl groups is 1. The summed E-state index contributed by atoms with van der Waals surface area (Å²) in [7, 11) is 4.23. The highest BCUT2D eigenvalue weighted by atomic mass is 16.7. The van der Waals surface area contributed by atoms with Crippen LogP contribution in [0.25, 0.3) is 0 Å². The Bertz CT molecular complexity index is 1240. The predicted molar refractivity (Wildman–Crippen MR) is 178 cm³/mol. The number of fused-ring (bicyclic) bond motifs is 2. The zero-order valence-electron chi connectivity index (χ0n) is 28.3. The molecule has 0 aromatic heterocycles. The summed E-state index contributed by atoms with van der Waals surface area (Å²) in [6.45, 7) is 13.4. The maximum Gasteiger partial charge on any atom is 0.242 e. The van der Waals surface area contributed by atoms with Gasteiger partial charge in [0.2, 0.25) is 5.91 Å². The first-order valence-corrected chi connectivity index (χ1v) is 17.1. The van der Waals surface area contributed by atoms with E-state index in [2.05, 4.69) is 105 Å². The van der Waals surface area contributed by atoms with E-state index >= 15 is 0 Å².